The number of fused-ring (bicyclic) bond motifs is 1. The molecule has 0 radical (unpaired) electrons. The molecule has 4 nitrogen and oxygen atoms in total. The van der Waals surface area contributed by atoms with Crippen molar-refractivity contribution in [1.29, 1.82) is 0 Å². The lowest BCUT2D eigenvalue weighted by atomic mass is 9.99. The largest absolute Gasteiger partial charge is 0.389 e. The minimum absolute atomic E-state index is 0.00504. The molecular weight excluding hydrogens is 262 g/mol. The van der Waals surface area contributed by atoms with E-state index in [2.05, 4.69) is 0 Å². The molecule has 106 valence electrons. The number of hydrogen-bond donors (Lipinski definition) is 1. The predicted octanol–water partition coefficient (Wildman–Crippen LogP) is 1.71. The summed E-state index contributed by atoms with van der Waals surface area (Å²) in [5.74, 6) is -0.00504. The number of aryl methyl sites for hydroxylation is 2. The Kier molecular flexibility index (Phi) is 4.96. The highest BCUT2D eigenvalue weighted by Gasteiger charge is 2.20. The molecule has 0 bridgehead atoms. The van der Waals surface area contributed by atoms with Crippen LogP contribution in [-0.2, 0) is 17.6 Å². The van der Waals surface area contributed by atoms with Crippen LogP contribution in [0.15, 0.2) is 6.07 Å². The number of amides is 1. The van der Waals surface area contributed by atoms with E-state index in [1.807, 2.05) is 6.07 Å². The van der Waals surface area contributed by atoms with Gasteiger partial charge in [-0.1, -0.05) is 0 Å². The lowest BCUT2D eigenvalue weighted by molar-refractivity contribution is 0.0382. The minimum atomic E-state index is -0.631. The molecule has 1 aliphatic carbocycles. The average Bonchev–Trinajstić information content (AvgIpc) is 2.81. The Bertz CT molecular complexity index is 420. The summed E-state index contributed by atoms with van der Waals surface area (Å²) in [6.07, 6.45) is 4.01. The summed E-state index contributed by atoms with van der Waals surface area (Å²) in [6, 6.07) is 2.03. The number of hydrogen-bond acceptors (Lipinski definition) is 4. The van der Waals surface area contributed by atoms with Crippen molar-refractivity contribution in [2.75, 3.05) is 27.3 Å². The molecule has 5 heteroatoms. The molecule has 0 saturated heterocycles. The van der Waals surface area contributed by atoms with Crippen LogP contribution in [0.5, 0.6) is 0 Å². The van der Waals surface area contributed by atoms with E-state index in [9.17, 15) is 9.90 Å². The van der Waals surface area contributed by atoms with Crippen LogP contribution in [0.2, 0.25) is 0 Å². The molecule has 0 aliphatic heterocycles. The number of aliphatic hydroxyl groups excluding tert-OH is 1. The third-order valence-corrected chi connectivity index (χ3v) is 4.62. The topological polar surface area (TPSA) is 49.8 Å². The Morgan fingerprint density at radius 3 is 2.95 bits per heavy atom. The normalized spacial score (nSPS) is 15.9. The monoisotopic (exact) mass is 283 g/mol. The van der Waals surface area contributed by atoms with Crippen LogP contribution in [0, 0.1) is 0 Å². The van der Waals surface area contributed by atoms with Crippen LogP contribution in [0.25, 0.3) is 0 Å². The van der Waals surface area contributed by atoms with Crippen LogP contribution in [-0.4, -0.2) is 49.3 Å². The van der Waals surface area contributed by atoms with Crippen LogP contribution < -0.4 is 0 Å². The fourth-order valence-corrected chi connectivity index (χ4v) is 3.68. The summed E-state index contributed by atoms with van der Waals surface area (Å²) in [5.41, 5.74) is 1.34. The second-order valence-corrected chi connectivity index (χ2v) is 6.20. The smallest absolute Gasteiger partial charge is 0.263 e. The third-order valence-electron chi connectivity index (χ3n) is 3.40. The lowest BCUT2D eigenvalue weighted by Crippen LogP contribution is -2.35. The van der Waals surface area contributed by atoms with Gasteiger partial charge in [0.15, 0.2) is 0 Å². The quantitative estimate of drug-likeness (QED) is 0.895. The van der Waals surface area contributed by atoms with E-state index in [0.717, 1.165) is 17.7 Å². The number of aliphatic hydroxyl groups is 1. The predicted molar refractivity (Wildman–Crippen MR) is 75.8 cm³/mol. The molecule has 1 amide bonds. The number of carbonyl (C=O) groups excluding carboxylic acids is 1. The van der Waals surface area contributed by atoms with Gasteiger partial charge in [-0.15, -0.1) is 11.3 Å². The van der Waals surface area contributed by atoms with Crippen LogP contribution >= 0.6 is 11.3 Å². The van der Waals surface area contributed by atoms with E-state index in [4.69, 9.17) is 4.74 Å². The van der Waals surface area contributed by atoms with Gasteiger partial charge < -0.3 is 14.7 Å². The third kappa shape index (κ3) is 3.55. The number of ether oxygens (including phenoxy) is 1. The summed E-state index contributed by atoms with van der Waals surface area (Å²) < 4.78 is 4.87. The Balaban J connectivity index is 2.00. The van der Waals surface area contributed by atoms with Gasteiger partial charge in [0.1, 0.15) is 0 Å². The fourth-order valence-electron chi connectivity index (χ4n) is 2.43. The maximum atomic E-state index is 12.3. The Hall–Kier alpha value is -0.910. The van der Waals surface area contributed by atoms with E-state index in [-0.39, 0.29) is 12.5 Å². The molecule has 0 saturated carbocycles. The molecule has 19 heavy (non-hydrogen) atoms. The Labute approximate surface area is 118 Å². The van der Waals surface area contributed by atoms with Crippen LogP contribution in [0.3, 0.4) is 0 Å². The average molecular weight is 283 g/mol. The van der Waals surface area contributed by atoms with Gasteiger partial charge in [-0.25, -0.2) is 0 Å². The molecule has 0 spiro atoms. The van der Waals surface area contributed by atoms with Gasteiger partial charge >= 0.3 is 0 Å². The molecule has 1 aromatic heterocycles. The van der Waals surface area contributed by atoms with Gasteiger partial charge in [0.2, 0.25) is 0 Å². The maximum absolute atomic E-state index is 12.3. The highest BCUT2D eigenvalue weighted by molar-refractivity contribution is 7.14. The first-order valence-electron chi connectivity index (χ1n) is 6.66. The van der Waals surface area contributed by atoms with Crippen molar-refractivity contribution in [3.8, 4) is 0 Å². The van der Waals surface area contributed by atoms with Gasteiger partial charge in [0.25, 0.3) is 5.91 Å². The van der Waals surface area contributed by atoms with Crippen molar-refractivity contribution < 1.29 is 14.6 Å². The SMILES string of the molecule is COCC(O)CN(C)C(=O)c1cc2c(s1)CCCC2. The lowest BCUT2D eigenvalue weighted by Gasteiger charge is -2.19. The van der Waals surface area contributed by atoms with Gasteiger partial charge in [0, 0.05) is 25.6 Å². The van der Waals surface area contributed by atoms with Gasteiger partial charge in [-0.3, -0.25) is 4.79 Å². The number of carbonyl (C=O) groups is 1. The van der Waals surface area contributed by atoms with Crippen molar-refractivity contribution >= 4 is 17.2 Å². The second-order valence-electron chi connectivity index (χ2n) is 5.06. The van der Waals surface area contributed by atoms with Crippen molar-refractivity contribution in [3.05, 3.63) is 21.4 Å². The Morgan fingerprint density at radius 1 is 1.53 bits per heavy atom. The number of rotatable bonds is 5. The van der Waals surface area contributed by atoms with Crippen molar-refractivity contribution in [2.24, 2.45) is 0 Å². The zero-order valence-corrected chi connectivity index (χ0v) is 12.3. The molecule has 2 rings (SSSR count). The summed E-state index contributed by atoms with van der Waals surface area (Å²) in [7, 11) is 3.26. The molecular formula is C14H21NO3S. The van der Waals surface area contributed by atoms with Gasteiger partial charge in [-0.05, 0) is 37.3 Å². The highest BCUT2D eigenvalue weighted by Crippen LogP contribution is 2.30. The zero-order valence-electron chi connectivity index (χ0n) is 11.5. The molecule has 1 unspecified atom stereocenters. The molecule has 1 aromatic rings. The van der Waals surface area contributed by atoms with Crippen LogP contribution in [0.4, 0.5) is 0 Å². The first-order chi connectivity index (χ1) is 9.11. The summed E-state index contributed by atoms with van der Waals surface area (Å²) >= 11 is 1.61. The molecule has 1 atom stereocenters. The molecule has 0 fully saturated rings. The van der Waals surface area contributed by atoms with E-state index in [1.54, 1.807) is 30.4 Å². The number of thiophene rings is 1. The fraction of sp³-hybridized carbons (Fsp3) is 0.643. The van der Waals surface area contributed by atoms with Crippen molar-refractivity contribution in [1.82, 2.24) is 4.90 Å². The highest BCUT2D eigenvalue weighted by atomic mass is 32.1. The number of likely N-dealkylation sites (N-methyl/N-ethyl adjacent to an activating group) is 1. The summed E-state index contributed by atoms with van der Waals surface area (Å²) in [4.78, 5) is 16.0. The van der Waals surface area contributed by atoms with Crippen LogP contribution in [0.1, 0.15) is 33.0 Å². The van der Waals surface area contributed by atoms with E-state index in [0.29, 0.717) is 6.54 Å². The van der Waals surface area contributed by atoms with Crippen molar-refractivity contribution in [3.63, 3.8) is 0 Å². The zero-order chi connectivity index (χ0) is 13.8. The first kappa shape index (κ1) is 14.5. The molecule has 1 aliphatic rings. The van der Waals surface area contributed by atoms with E-state index in [1.165, 1.54) is 23.3 Å². The van der Waals surface area contributed by atoms with E-state index >= 15 is 0 Å². The molecule has 1 N–H and O–H groups in total. The summed E-state index contributed by atoms with van der Waals surface area (Å²) in [6.45, 7) is 0.549. The van der Waals surface area contributed by atoms with Gasteiger partial charge in [0.05, 0.1) is 17.6 Å². The standard InChI is InChI=1S/C14H21NO3S/c1-15(8-11(16)9-18-2)14(17)13-7-10-5-3-4-6-12(10)19-13/h7,11,16H,3-6,8-9H2,1-2H3. The summed E-state index contributed by atoms with van der Waals surface area (Å²) in [5, 5.41) is 9.66. The second kappa shape index (κ2) is 6.50. The minimum Gasteiger partial charge on any atom is -0.389 e. The van der Waals surface area contributed by atoms with E-state index < -0.39 is 6.10 Å². The molecule has 0 aromatic carbocycles. The number of nitrogens with zero attached hydrogens (tertiary/aromatic N) is 1. The van der Waals surface area contributed by atoms with Crippen molar-refractivity contribution in [2.45, 2.75) is 31.8 Å². The first-order valence-corrected chi connectivity index (χ1v) is 7.47. The Morgan fingerprint density at radius 2 is 2.26 bits per heavy atom. The van der Waals surface area contributed by atoms with Gasteiger partial charge in [-0.2, -0.15) is 0 Å². The maximum Gasteiger partial charge on any atom is 0.263 e. The number of methoxy groups -OCH3 is 1. The molecule has 1 heterocycles.